The SMILES string of the molecule is CC=C(C)CN(C)Cc1nnc(SC)n1CC1CCCO1. The average molecular weight is 310 g/mol. The summed E-state index contributed by atoms with van der Waals surface area (Å²) in [7, 11) is 2.12. The number of ether oxygens (including phenoxy) is 1. The predicted octanol–water partition coefficient (Wildman–Crippen LogP) is 2.58. The maximum Gasteiger partial charge on any atom is 0.191 e. The van der Waals surface area contributed by atoms with Crippen LogP contribution in [0.15, 0.2) is 16.8 Å². The topological polar surface area (TPSA) is 43.2 Å². The zero-order chi connectivity index (χ0) is 15.2. The third kappa shape index (κ3) is 4.56. The van der Waals surface area contributed by atoms with Gasteiger partial charge in [0.05, 0.1) is 19.2 Å². The van der Waals surface area contributed by atoms with E-state index in [1.807, 2.05) is 6.26 Å². The molecule has 0 spiro atoms. The predicted molar refractivity (Wildman–Crippen MR) is 86.5 cm³/mol. The van der Waals surface area contributed by atoms with Crippen molar-refractivity contribution in [2.75, 3.05) is 26.5 Å². The summed E-state index contributed by atoms with van der Waals surface area (Å²) >= 11 is 1.65. The highest BCUT2D eigenvalue weighted by atomic mass is 32.2. The van der Waals surface area contributed by atoms with Crippen molar-refractivity contribution in [2.45, 2.75) is 51.0 Å². The number of hydrogen-bond donors (Lipinski definition) is 0. The van der Waals surface area contributed by atoms with Crippen LogP contribution in [0.4, 0.5) is 0 Å². The quantitative estimate of drug-likeness (QED) is 0.572. The fraction of sp³-hybridized carbons (Fsp3) is 0.733. The maximum atomic E-state index is 5.76. The van der Waals surface area contributed by atoms with Crippen LogP contribution in [-0.2, 0) is 17.8 Å². The van der Waals surface area contributed by atoms with Gasteiger partial charge in [0.2, 0.25) is 0 Å². The van der Waals surface area contributed by atoms with Gasteiger partial charge in [0.25, 0.3) is 0 Å². The lowest BCUT2D eigenvalue weighted by atomic mass is 10.2. The van der Waals surface area contributed by atoms with Gasteiger partial charge < -0.3 is 9.30 Å². The highest BCUT2D eigenvalue weighted by molar-refractivity contribution is 7.98. The molecule has 0 radical (unpaired) electrons. The Morgan fingerprint density at radius 2 is 2.33 bits per heavy atom. The Morgan fingerprint density at radius 3 is 2.95 bits per heavy atom. The average Bonchev–Trinajstić information content (AvgIpc) is 3.10. The van der Waals surface area contributed by atoms with Crippen LogP contribution in [0.25, 0.3) is 0 Å². The highest BCUT2D eigenvalue weighted by Gasteiger charge is 2.21. The third-order valence-electron chi connectivity index (χ3n) is 3.81. The lowest BCUT2D eigenvalue weighted by Gasteiger charge is -2.19. The van der Waals surface area contributed by atoms with Gasteiger partial charge in [0, 0.05) is 13.2 Å². The number of aromatic nitrogens is 3. The molecule has 0 aliphatic carbocycles. The van der Waals surface area contributed by atoms with Crippen molar-refractivity contribution in [1.29, 1.82) is 0 Å². The van der Waals surface area contributed by atoms with Gasteiger partial charge in [-0.1, -0.05) is 23.4 Å². The van der Waals surface area contributed by atoms with Gasteiger partial charge in [0.1, 0.15) is 5.82 Å². The van der Waals surface area contributed by atoms with Crippen LogP contribution in [0.5, 0.6) is 0 Å². The van der Waals surface area contributed by atoms with Crippen LogP contribution < -0.4 is 0 Å². The minimum Gasteiger partial charge on any atom is -0.376 e. The summed E-state index contributed by atoms with van der Waals surface area (Å²) in [5.74, 6) is 1.03. The molecule has 0 saturated carbocycles. The van der Waals surface area contributed by atoms with Gasteiger partial charge in [-0.2, -0.15) is 0 Å². The Kier molecular flexibility index (Phi) is 6.26. The molecule has 2 heterocycles. The molecule has 0 aromatic carbocycles. The second-order valence-electron chi connectivity index (χ2n) is 5.66. The fourth-order valence-corrected chi connectivity index (χ4v) is 3.10. The smallest absolute Gasteiger partial charge is 0.191 e. The van der Waals surface area contributed by atoms with E-state index in [0.717, 1.165) is 50.1 Å². The van der Waals surface area contributed by atoms with E-state index in [9.17, 15) is 0 Å². The minimum atomic E-state index is 0.313. The summed E-state index contributed by atoms with van der Waals surface area (Å²) in [5.41, 5.74) is 1.37. The molecule has 21 heavy (non-hydrogen) atoms. The number of allylic oxidation sites excluding steroid dienone is 1. The van der Waals surface area contributed by atoms with Crippen molar-refractivity contribution in [3.8, 4) is 0 Å². The van der Waals surface area contributed by atoms with E-state index >= 15 is 0 Å². The summed E-state index contributed by atoms with van der Waals surface area (Å²) in [6, 6.07) is 0. The Labute approximate surface area is 131 Å². The van der Waals surface area contributed by atoms with Crippen LogP contribution in [-0.4, -0.2) is 52.2 Å². The van der Waals surface area contributed by atoms with Crippen molar-refractivity contribution in [3.05, 3.63) is 17.5 Å². The lowest BCUT2D eigenvalue weighted by molar-refractivity contribution is 0.0935. The monoisotopic (exact) mass is 310 g/mol. The van der Waals surface area contributed by atoms with Gasteiger partial charge in [0.15, 0.2) is 5.16 Å². The van der Waals surface area contributed by atoms with Crippen LogP contribution >= 0.6 is 11.8 Å². The number of rotatable bonds is 7. The Morgan fingerprint density at radius 1 is 1.52 bits per heavy atom. The normalized spacial score (nSPS) is 19.7. The van der Waals surface area contributed by atoms with Crippen LogP contribution in [0.3, 0.4) is 0 Å². The number of thioether (sulfide) groups is 1. The third-order valence-corrected chi connectivity index (χ3v) is 4.48. The second-order valence-corrected chi connectivity index (χ2v) is 6.43. The first-order valence-electron chi connectivity index (χ1n) is 7.52. The van der Waals surface area contributed by atoms with Gasteiger partial charge in [-0.05, 0) is 40.0 Å². The lowest BCUT2D eigenvalue weighted by Crippen LogP contribution is -2.24. The molecular formula is C15H26N4OS. The summed E-state index contributed by atoms with van der Waals surface area (Å²) in [6.07, 6.45) is 6.82. The standard InChI is InChI=1S/C15H26N4OS/c1-5-12(2)9-18(3)11-14-16-17-15(21-4)19(14)10-13-7-6-8-20-13/h5,13H,6-11H2,1-4H3. The van der Waals surface area contributed by atoms with Crippen LogP contribution in [0, 0.1) is 0 Å². The van der Waals surface area contributed by atoms with Crippen molar-refractivity contribution in [3.63, 3.8) is 0 Å². The summed E-state index contributed by atoms with van der Waals surface area (Å²) in [5, 5.41) is 9.67. The molecule has 1 aromatic heterocycles. The van der Waals surface area contributed by atoms with E-state index in [2.05, 4.69) is 46.6 Å². The fourth-order valence-electron chi connectivity index (χ4n) is 2.58. The number of nitrogens with zero attached hydrogens (tertiary/aromatic N) is 4. The van der Waals surface area contributed by atoms with Crippen molar-refractivity contribution in [1.82, 2.24) is 19.7 Å². The molecule has 0 amide bonds. The van der Waals surface area contributed by atoms with E-state index < -0.39 is 0 Å². The Hall–Kier alpha value is -0.850. The first-order valence-corrected chi connectivity index (χ1v) is 8.74. The summed E-state index contributed by atoms with van der Waals surface area (Å²) in [6.45, 7) is 7.76. The van der Waals surface area contributed by atoms with Gasteiger partial charge >= 0.3 is 0 Å². The molecular weight excluding hydrogens is 284 g/mol. The second kappa shape index (κ2) is 7.96. The molecule has 0 N–H and O–H groups in total. The number of hydrogen-bond acceptors (Lipinski definition) is 5. The van der Waals surface area contributed by atoms with E-state index in [1.165, 1.54) is 5.57 Å². The Balaban J connectivity index is 2.05. The minimum absolute atomic E-state index is 0.313. The maximum absolute atomic E-state index is 5.76. The zero-order valence-corrected chi connectivity index (χ0v) is 14.3. The molecule has 1 saturated heterocycles. The van der Waals surface area contributed by atoms with Crippen molar-refractivity contribution < 1.29 is 4.74 Å². The van der Waals surface area contributed by atoms with Crippen LogP contribution in [0.1, 0.15) is 32.5 Å². The van der Waals surface area contributed by atoms with Crippen LogP contribution in [0.2, 0.25) is 0 Å². The molecule has 118 valence electrons. The van der Waals surface area contributed by atoms with Gasteiger partial charge in [-0.3, -0.25) is 4.90 Å². The first kappa shape index (κ1) is 16.5. The summed E-state index contributed by atoms with van der Waals surface area (Å²) < 4.78 is 7.98. The van der Waals surface area contributed by atoms with E-state index in [1.54, 1.807) is 11.8 Å². The van der Waals surface area contributed by atoms with E-state index in [0.29, 0.717) is 6.10 Å². The highest BCUT2D eigenvalue weighted by Crippen LogP contribution is 2.20. The molecule has 1 unspecified atom stereocenters. The zero-order valence-electron chi connectivity index (χ0n) is 13.5. The molecule has 5 nitrogen and oxygen atoms in total. The molecule has 1 fully saturated rings. The largest absolute Gasteiger partial charge is 0.376 e. The molecule has 1 aliphatic rings. The van der Waals surface area contributed by atoms with E-state index in [4.69, 9.17) is 4.74 Å². The summed E-state index contributed by atoms with van der Waals surface area (Å²) in [4.78, 5) is 2.27. The Bertz CT molecular complexity index is 480. The van der Waals surface area contributed by atoms with E-state index in [-0.39, 0.29) is 0 Å². The van der Waals surface area contributed by atoms with Gasteiger partial charge in [-0.25, -0.2) is 0 Å². The first-order chi connectivity index (χ1) is 10.1. The molecule has 1 atom stereocenters. The molecule has 1 aliphatic heterocycles. The molecule has 0 bridgehead atoms. The number of likely N-dealkylation sites (N-methyl/N-ethyl adjacent to an activating group) is 1. The molecule has 6 heteroatoms. The van der Waals surface area contributed by atoms with Crippen molar-refractivity contribution >= 4 is 11.8 Å². The molecule has 1 aromatic rings. The molecule has 2 rings (SSSR count). The van der Waals surface area contributed by atoms with Crippen molar-refractivity contribution in [2.24, 2.45) is 0 Å². The van der Waals surface area contributed by atoms with Gasteiger partial charge in [-0.15, -0.1) is 10.2 Å².